The molecule has 4 heterocycles. The molecular formula is C32H27FN6O3S. The van der Waals surface area contributed by atoms with Crippen molar-refractivity contribution in [1.82, 2.24) is 25.1 Å². The maximum Gasteiger partial charge on any atom is 0.227 e. The molecule has 0 aliphatic heterocycles. The lowest BCUT2D eigenvalue weighted by atomic mass is 9.98. The zero-order valence-electron chi connectivity index (χ0n) is 23.2. The third kappa shape index (κ3) is 5.63. The lowest BCUT2D eigenvalue weighted by Gasteiger charge is -2.08. The summed E-state index contributed by atoms with van der Waals surface area (Å²) in [6.45, 7) is 0. The quantitative estimate of drug-likeness (QED) is 0.201. The molecule has 1 aliphatic carbocycles. The fourth-order valence-corrected chi connectivity index (χ4v) is 5.88. The summed E-state index contributed by atoms with van der Waals surface area (Å²) >= 11 is 0. The molecule has 0 radical (unpaired) electrons. The van der Waals surface area contributed by atoms with Crippen LogP contribution in [0, 0.1) is 11.7 Å². The summed E-state index contributed by atoms with van der Waals surface area (Å²) in [6.07, 6.45) is 6.58. The number of halogens is 1. The molecule has 9 nitrogen and oxygen atoms in total. The van der Waals surface area contributed by atoms with E-state index in [9.17, 15) is 17.6 Å². The highest BCUT2D eigenvalue weighted by molar-refractivity contribution is 7.90. The van der Waals surface area contributed by atoms with Crippen molar-refractivity contribution >= 4 is 43.4 Å². The van der Waals surface area contributed by atoms with Gasteiger partial charge in [-0.2, -0.15) is 5.10 Å². The molecule has 0 saturated heterocycles. The van der Waals surface area contributed by atoms with Gasteiger partial charge < -0.3 is 10.3 Å². The van der Waals surface area contributed by atoms with Crippen LogP contribution >= 0.6 is 0 Å². The van der Waals surface area contributed by atoms with Gasteiger partial charge in [-0.15, -0.1) is 0 Å². The van der Waals surface area contributed by atoms with Crippen LogP contribution in [-0.2, 0) is 21.1 Å². The lowest BCUT2D eigenvalue weighted by Crippen LogP contribution is -2.13. The normalized spacial score (nSPS) is 13.5. The summed E-state index contributed by atoms with van der Waals surface area (Å²) in [5.41, 5.74) is 7.77. The van der Waals surface area contributed by atoms with Crippen LogP contribution in [-0.4, -0.2) is 51.5 Å². The van der Waals surface area contributed by atoms with E-state index in [1.807, 2.05) is 48.5 Å². The van der Waals surface area contributed by atoms with Crippen LogP contribution in [0.3, 0.4) is 0 Å². The van der Waals surface area contributed by atoms with E-state index in [1.54, 1.807) is 12.4 Å². The summed E-state index contributed by atoms with van der Waals surface area (Å²) in [6, 6.07) is 18.0. The van der Waals surface area contributed by atoms with Crippen LogP contribution in [0.15, 0.2) is 73.1 Å². The van der Waals surface area contributed by atoms with Crippen molar-refractivity contribution in [1.29, 1.82) is 0 Å². The first-order chi connectivity index (χ1) is 20.7. The Hall–Kier alpha value is -4.90. The number of carbonyl (C=O) groups is 1. The van der Waals surface area contributed by atoms with E-state index < -0.39 is 15.7 Å². The zero-order valence-corrected chi connectivity index (χ0v) is 24.0. The van der Waals surface area contributed by atoms with Crippen LogP contribution in [0.4, 0.5) is 10.1 Å². The molecule has 2 aromatic carbocycles. The van der Waals surface area contributed by atoms with Crippen molar-refractivity contribution in [3.8, 4) is 33.8 Å². The van der Waals surface area contributed by atoms with Gasteiger partial charge >= 0.3 is 0 Å². The van der Waals surface area contributed by atoms with Gasteiger partial charge in [0.05, 0.1) is 34.5 Å². The monoisotopic (exact) mass is 594 g/mol. The van der Waals surface area contributed by atoms with E-state index in [0.29, 0.717) is 33.7 Å². The number of aryl methyl sites for hydroxylation is 1. The number of amides is 1. The number of nitrogens with one attached hydrogen (secondary N) is 3. The molecule has 43 heavy (non-hydrogen) atoms. The molecule has 3 N–H and O–H groups in total. The second kappa shape index (κ2) is 10.4. The first kappa shape index (κ1) is 27.0. The molecule has 4 aromatic heterocycles. The topological polar surface area (TPSA) is 133 Å². The number of aromatic amines is 2. The summed E-state index contributed by atoms with van der Waals surface area (Å²) in [7, 11) is -3.18. The number of sulfone groups is 1. The van der Waals surface area contributed by atoms with E-state index in [1.165, 1.54) is 18.4 Å². The van der Waals surface area contributed by atoms with Gasteiger partial charge in [0.1, 0.15) is 26.9 Å². The maximum absolute atomic E-state index is 14.6. The van der Waals surface area contributed by atoms with Crippen molar-refractivity contribution in [2.24, 2.45) is 5.92 Å². The first-order valence-corrected chi connectivity index (χ1v) is 16.0. The fourth-order valence-electron chi connectivity index (χ4n) is 5.27. The number of hydrogen-bond donors (Lipinski definition) is 3. The zero-order chi connectivity index (χ0) is 29.7. The number of carbonyl (C=O) groups excluding carboxylic acids is 1. The molecule has 11 heteroatoms. The lowest BCUT2D eigenvalue weighted by molar-refractivity contribution is -0.117. The Balaban J connectivity index is 1.25. The van der Waals surface area contributed by atoms with Crippen LogP contribution in [0.5, 0.6) is 0 Å². The number of rotatable bonds is 8. The Morgan fingerprint density at radius 2 is 1.88 bits per heavy atom. The van der Waals surface area contributed by atoms with E-state index >= 15 is 0 Å². The third-order valence-electron chi connectivity index (χ3n) is 7.61. The molecule has 0 atom stereocenters. The molecule has 0 spiro atoms. The van der Waals surface area contributed by atoms with Gasteiger partial charge in [-0.3, -0.25) is 14.9 Å². The van der Waals surface area contributed by atoms with Crippen molar-refractivity contribution < 1.29 is 17.6 Å². The Kier molecular flexibility index (Phi) is 6.54. The predicted molar refractivity (Wildman–Crippen MR) is 165 cm³/mol. The van der Waals surface area contributed by atoms with E-state index in [2.05, 4.69) is 25.5 Å². The molecule has 0 unspecified atom stereocenters. The molecule has 7 rings (SSSR count). The number of fused-ring (bicyclic) bond motifs is 2. The molecule has 216 valence electrons. The molecule has 1 amide bonds. The number of pyridine rings is 2. The number of nitrogens with zero attached hydrogens (tertiary/aromatic N) is 3. The van der Waals surface area contributed by atoms with E-state index in [4.69, 9.17) is 4.98 Å². The second-order valence-corrected chi connectivity index (χ2v) is 13.3. The number of anilines is 1. The van der Waals surface area contributed by atoms with Crippen molar-refractivity contribution in [2.75, 3.05) is 17.3 Å². The number of hydrogen-bond acceptors (Lipinski definition) is 6. The molecule has 1 saturated carbocycles. The summed E-state index contributed by atoms with van der Waals surface area (Å²) in [5, 5.41) is 11.4. The molecule has 6 aromatic rings. The van der Waals surface area contributed by atoms with Crippen LogP contribution in [0.25, 0.3) is 55.7 Å². The minimum absolute atomic E-state index is 0.0148. The minimum atomic E-state index is -3.18. The van der Waals surface area contributed by atoms with Crippen LogP contribution in [0.2, 0.25) is 0 Å². The molecule has 1 aliphatic rings. The number of benzene rings is 2. The summed E-state index contributed by atoms with van der Waals surface area (Å²) in [4.78, 5) is 24.9. The summed E-state index contributed by atoms with van der Waals surface area (Å²) in [5.74, 6) is -0.368. The Labute approximate surface area is 246 Å². The van der Waals surface area contributed by atoms with Crippen molar-refractivity contribution in [3.63, 3.8) is 0 Å². The highest BCUT2D eigenvalue weighted by Crippen LogP contribution is 2.35. The highest BCUT2D eigenvalue weighted by Gasteiger charge is 2.29. The predicted octanol–water partition coefficient (Wildman–Crippen LogP) is 5.91. The molecule has 1 fully saturated rings. The Bertz CT molecular complexity index is 2150. The van der Waals surface area contributed by atoms with Crippen molar-refractivity contribution in [2.45, 2.75) is 19.3 Å². The molecular weight excluding hydrogens is 567 g/mol. The average molecular weight is 595 g/mol. The van der Waals surface area contributed by atoms with Crippen LogP contribution in [0.1, 0.15) is 18.4 Å². The van der Waals surface area contributed by atoms with E-state index in [0.717, 1.165) is 46.1 Å². The smallest absolute Gasteiger partial charge is 0.227 e. The van der Waals surface area contributed by atoms with Gasteiger partial charge in [0.2, 0.25) is 5.91 Å². The van der Waals surface area contributed by atoms with Gasteiger partial charge in [0.25, 0.3) is 0 Å². The van der Waals surface area contributed by atoms with Gasteiger partial charge in [-0.1, -0.05) is 18.2 Å². The highest BCUT2D eigenvalue weighted by atomic mass is 32.2. The third-order valence-corrected chi connectivity index (χ3v) is 8.55. The average Bonchev–Trinajstić information content (AvgIpc) is 3.61. The number of aromatic nitrogens is 5. The van der Waals surface area contributed by atoms with Gasteiger partial charge in [0.15, 0.2) is 0 Å². The minimum Gasteiger partial charge on any atom is -0.353 e. The fraction of sp³-hybridized carbons (Fsp3) is 0.188. The van der Waals surface area contributed by atoms with E-state index in [-0.39, 0.29) is 24.0 Å². The molecule has 0 bridgehead atoms. The van der Waals surface area contributed by atoms with Crippen molar-refractivity contribution in [3.05, 3.63) is 84.4 Å². The SMILES string of the molecule is CS(=O)(=O)CCc1cc(F)cc(-c2cccc3[nH]c(-c4n[nH]c5ccc(-c6cncc(NC(=O)C7CC7)c6)nc45)cc23)c1. The Morgan fingerprint density at radius 3 is 2.70 bits per heavy atom. The largest absolute Gasteiger partial charge is 0.353 e. The Morgan fingerprint density at radius 1 is 1.02 bits per heavy atom. The van der Waals surface area contributed by atoms with Crippen LogP contribution < -0.4 is 5.32 Å². The van der Waals surface area contributed by atoms with Gasteiger partial charge in [-0.05, 0) is 78.4 Å². The standard InChI is InChI=1S/C32H27FN6O3S/c1-43(41,42)10-9-18-11-20(13-22(33)12-18)24-3-2-4-27-25(24)15-29(36-27)31-30-28(38-39-31)8-7-26(37-30)21-14-23(17-34-16-21)35-32(40)19-5-6-19/h2-4,7-8,11-17,19,36H,5-6,9-10H2,1H3,(H,35,40)(H,38,39). The van der Waals surface area contributed by atoms with Gasteiger partial charge in [0, 0.05) is 34.8 Å². The second-order valence-electron chi connectivity index (χ2n) is 11.1. The first-order valence-electron chi connectivity index (χ1n) is 13.9. The summed E-state index contributed by atoms with van der Waals surface area (Å²) < 4.78 is 38.0. The van der Waals surface area contributed by atoms with Gasteiger partial charge in [-0.25, -0.2) is 17.8 Å². The maximum atomic E-state index is 14.6. The number of H-pyrrole nitrogens is 2.